The molecule has 1 aromatic rings. The first-order chi connectivity index (χ1) is 11.1. The number of aromatic nitrogens is 1. The summed E-state index contributed by atoms with van der Waals surface area (Å²) in [6, 6.07) is 5.15. The molecule has 1 atom stereocenters. The number of fused-ring (bicyclic) bond motifs is 1. The molecule has 1 saturated heterocycles. The zero-order valence-corrected chi connectivity index (χ0v) is 12.2. The number of aldehydes is 1. The molecule has 3 rings (SSSR count). The summed E-state index contributed by atoms with van der Waals surface area (Å²) in [5.74, 6) is -1.49. The third-order valence-corrected chi connectivity index (χ3v) is 3.94. The average Bonchev–Trinajstić information content (AvgIpc) is 2.57. The third kappa shape index (κ3) is 2.59. The number of allylic oxidation sites excluding steroid dienone is 3. The van der Waals surface area contributed by atoms with Crippen LogP contribution in [-0.4, -0.2) is 39.2 Å². The van der Waals surface area contributed by atoms with Gasteiger partial charge in [-0.15, -0.1) is 0 Å². The lowest BCUT2D eigenvalue weighted by molar-refractivity contribution is -0.144. The van der Waals surface area contributed by atoms with Gasteiger partial charge in [-0.2, -0.15) is 0 Å². The van der Waals surface area contributed by atoms with Crippen LogP contribution >= 0.6 is 0 Å². The van der Waals surface area contributed by atoms with Crippen molar-refractivity contribution in [1.29, 1.82) is 0 Å². The van der Waals surface area contributed by atoms with Gasteiger partial charge in [-0.3, -0.25) is 19.5 Å². The van der Waals surface area contributed by atoms with E-state index >= 15 is 0 Å². The van der Waals surface area contributed by atoms with Crippen LogP contribution in [0.15, 0.2) is 53.4 Å². The molecule has 23 heavy (non-hydrogen) atoms. The van der Waals surface area contributed by atoms with Crippen LogP contribution in [0, 0.1) is 0 Å². The van der Waals surface area contributed by atoms with Crippen molar-refractivity contribution in [2.24, 2.45) is 0 Å². The number of carbonyl (C=O) groups is 3. The molecule has 6 nitrogen and oxygen atoms in total. The molecular formula is C17H14N2O4. The fourth-order valence-corrected chi connectivity index (χ4v) is 2.94. The molecule has 1 amide bonds. The summed E-state index contributed by atoms with van der Waals surface area (Å²) < 4.78 is 0. The van der Waals surface area contributed by atoms with Crippen molar-refractivity contribution in [3.05, 3.63) is 59.1 Å². The summed E-state index contributed by atoms with van der Waals surface area (Å²) in [7, 11) is 0. The minimum atomic E-state index is -1.16. The molecule has 0 aliphatic carbocycles. The van der Waals surface area contributed by atoms with Gasteiger partial charge in [-0.25, -0.2) is 4.79 Å². The number of pyridine rings is 1. The molecule has 2 aliphatic rings. The first-order valence-corrected chi connectivity index (χ1v) is 7.18. The second kappa shape index (κ2) is 6.00. The molecular weight excluding hydrogens is 296 g/mol. The Bertz CT molecular complexity index is 762. The maximum absolute atomic E-state index is 12.4. The van der Waals surface area contributed by atoms with Gasteiger partial charge in [-0.05, 0) is 42.7 Å². The number of β-lactam (4-membered cyclic amide) rings is 1. The fraction of sp³-hybridized carbons (Fsp3) is 0.176. The van der Waals surface area contributed by atoms with Crippen LogP contribution in [0.3, 0.4) is 0 Å². The number of amides is 1. The molecule has 1 unspecified atom stereocenters. The number of hydrogen-bond acceptors (Lipinski definition) is 4. The van der Waals surface area contributed by atoms with Crippen molar-refractivity contribution in [3.8, 4) is 0 Å². The predicted molar refractivity (Wildman–Crippen MR) is 81.9 cm³/mol. The quantitative estimate of drug-likeness (QED) is 0.518. The van der Waals surface area contributed by atoms with Crippen LogP contribution in [0.1, 0.15) is 18.5 Å². The van der Waals surface area contributed by atoms with E-state index in [9.17, 15) is 19.5 Å². The van der Waals surface area contributed by atoms with Gasteiger partial charge in [0.15, 0.2) is 0 Å². The summed E-state index contributed by atoms with van der Waals surface area (Å²) in [5, 5.41) is 9.42. The molecule has 1 N–H and O–H groups in total. The molecule has 116 valence electrons. The highest BCUT2D eigenvalue weighted by Gasteiger charge is 2.48. The average molecular weight is 310 g/mol. The number of rotatable bonds is 4. The van der Waals surface area contributed by atoms with Crippen molar-refractivity contribution in [2.45, 2.75) is 18.9 Å². The van der Waals surface area contributed by atoms with E-state index < -0.39 is 5.97 Å². The molecule has 3 heterocycles. The maximum atomic E-state index is 12.4. The highest BCUT2D eigenvalue weighted by atomic mass is 16.4. The van der Waals surface area contributed by atoms with E-state index in [0.717, 1.165) is 0 Å². The van der Waals surface area contributed by atoms with Crippen LogP contribution in [0.5, 0.6) is 0 Å². The molecule has 0 bridgehead atoms. The SMILES string of the molecule is O=C/C=C\C1=C(C(=O)O)N2C(=O)/C(=C/c3ccccn3)C2CC1. The fourth-order valence-electron chi connectivity index (χ4n) is 2.94. The Hall–Kier alpha value is -3.02. The van der Waals surface area contributed by atoms with E-state index in [1.807, 2.05) is 6.07 Å². The first kappa shape index (κ1) is 14.9. The van der Waals surface area contributed by atoms with Crippen LogP contribution in [-0.2, 0) is 14.4 Å². The second-order valence-corrected chi connectivity index (χ2v) is 5.26. The topological polar surface area (TPSA) is 87.6 Å². The Balaban J connectivity index is 1.95. The van der Waals surface area contributed by atoms with Gasteiger partial charge in [-0.1, -0.05) is 12.1 Å². The van der Waals surface area contributed by atoms with Crippen LogP contribution < -0.4 is 0 Å². The summed E-state index contributed by atoms with van der Waals surface area (Å²) in [6.45, 7) is 0. The molecule has 0 saturated carbocycles. The van der Waals surface area contributed by atoms with Gasteiger partial charge in [0.1, 0.15) is 12.0 Å². The van der Waals surface area contributed by atoms with E-state index in [4.69, 9.17) is 0 Å². The zero-order valence-electron chi connectivity index (χ0n) is 12.2. The van der Waals surface area contributed by atoms with E-state index in [1.54, 1.807) is 24.4 Å². The van der Waals surface area contributed by atoms with Crippen LogP contribution in [0.2, 0.25) is 0 Å². The van der Waals surface area contributed by atoms with Crippen molar-refractivity contribution < 1.29 is 19.5 Å². The summed E-state index contributed by atoms with van der Waals surface area (Å²) >= 11 is 0. The number of hydrogen-bond donors (Lipinski definition) is 1. The molecule has 1 aromatic heterocycles. The number of aliphatic carboxylic acids is 1. The lowest BCUT2D eigenvalue weighted by atomic mass is 9.82. The van der Waals surface area contributed by atoms with Gasteiger partial charge in [0.25, 0.3) is 5.91 Å². The number of carboxylic acids is 1. The standard InChI is InChI=1S/C17H14N2O4/c20-9-3-4-11-6-7-14-13(10-12-5-1-2-8-18-12)16(21)19(14)15(11)17(22)23/h1-5,8-10,14H,6-7H2,(H,22,23)/b4-3-,13-10+. The van der Waals surface area contributed by atoms with Gasteiger partial charge < -0.3 is 5.11 Å². The Morgan fingerprint density at radius 2 is 2.22 bits per heavy atom. The highest BCUT2D eigenvalue weighted by molar-refractivity contribution is 6.10. The first-order valence-electron chi connectivity index (χ1n) is 7.18. The Labute approximate surface area is 132 Å². The van der Waals surface area contributed by atoms with E-state index in [-0.39, 0.29) is 17.6 Å². The van der Waals surface area contributed by atoms with Crippen molar-refractivity contribution in [1.82, 2.24) is 9.88 Å². The van der Waals surface area contributed by atoms with E-state index in [2.05, 4.69) is 4.98 Å². The van der Waals surface area contributed by atoms with Crippen molar-refractivity contribution in [2.75, 3.05) is 0 Å². The summed E-state index contributed by atoms with van der Waals surface area (Å²) in [4.78, 5) is 39.8. The number of carbonyl (C=O) groups excluding carboxylic acids is 2. The van der Waals surface area contributed by atoms with Crippen LogP contribution in [0.25, 0.3) is 6.08 Å². The minimum absolute atomic E-state index is 0.0393. The van der Waals surface area contributed by atoms with Gasteiger partial charge in [0.05, 0.1) is 11.7 Å². The molecule has 1 fully saturated rings. The summed E-state index contributed by atoms with van der Waals surface area (Å²) in [5.41, 5.74) is 1.69. The van der Waals surface area contributed by atoms with Gasteiger partial charge >= 0.3 is 5.97 Å². The lowest BCUT2D eigenvalue weighted by Crippen LogP contribution is -2.57. The zero-order chi connectivity index (χ0) is 16.4. The monoisotopic (exact) mass is 310 g/mol. The molecule has 0 aromatic carbocycles. The number of carboxylic acid groups (broad SMARTS) is 1. The Morgan fingerprint density at radius 3 is 2.87 bits per heavy atom. The van der Waals surface area contributed by atoms with E-state index in [0.29, 0.717) is 36.0 Å². The Morgan fingerprint density at radius 1 is 1.39 bits per heavy atom. The Kier molecular flexibility index (Phi) is 3.89. The van der Waals surface area contributed by atoms with Crippen LogP contribution in [0.4, 0.5) is 0 Å². The normalized spacial score (nSPS) is 22.3. The number of nitrogens with zero attached hydrogens (tertiary/aromatic N) is 2. The predicted octanol–water partition coefficient (Wildman–Crippen LogP) is 1.56. The second-order valence-electron chi connectivity index (χ2n) is 5.26. The lowest BCUT2D eigenvalue weighted by Gasteiger charge is -2.46. The molecule has 2 aliphatic heterocycles. The maximum Gasteiger partial charge on any atom is 0.352 e. The largest absolute Gasteiger partial charge is 0.477 e. The van der Waals surface area contributed by atoms with Crippen molar-refractivity contribution >= 4 is 24.2 Å². The van der Waals surface area contributed by atoms with E-state index in [1.165, 1.54) is 17.1 Å². The third-order valence-electron chi connectivity index (χ3n) is 3.94. The molecule has 0 spiro atoms. The minimum Gasteiger partial charge on any atom is -0.477 e. The summed E-state index contributed by atoms with van der Waals surface area (Å²) in [6.07, 6.45) is 7.75. The smallest absolute Gasteiger partial charge is 0.352 e. The highest BCUT2D eigenvalue weighted by Crippen LogP contribution is 2.40. The van der Waals surface area contributed by atoms with Gasteiger partial charge in [0, 0.05) is 11.8 Å². The van der Waals surface area contributed by atoms with Gasteiger partial charge in [0.2, 0.25) is 0 Å². The molecule has 6 heteroatoms. The molecule has 0 radical (unpaired) electrons. The van der Waals surface area contributed by atoms with Crippen molar-refractivity contribution in [3.63, 3.8) is 0 Å².